The molecule has 0 heterocycles. The summed E-state index contributed by atoms with van der Waals surface area (Å²) in [5, 5.41) is 0. The first-order chi connectivity index (χ1) is 7.15. The molecule has 1 saturated carbocycles. The van der Waals surface area contributed by atoms with Crippen LogP contribution in [0.25, 0.3) is 0 Å². The van der Waals surface area contributed by atoms with Gasteiger partial charge >= 0.3 is 0 Å². The number of hydrogen-bond donors (Lipinski definition) is 0. The van der Waals surface area contributed by atoms with E-state index in [2.05, 4.69) is 27.7 Å². The fraction of sp³-hybridized carbons (Fsp3) is 1.00. The van der Waals surface area contributed by atoms with Gasteiger partial charge in [-0.1, -0.05) is 59.8 Å². The molecule has 0 aromatic carbocycles. The lowest BCUT2D eigenvalue weighted by atomic mass is 9.95. The predicted molar refractivity (Wildman–Crippen MR) is 69.0 cm³/mol. The van der Waals surface area contributed by atoms with E-state index in [0.29, 0.717) is 0 Å². The summed E-state index contributed by atoms with van der Waals surface area (Å²) >= 11 is 0. The second kappa shape index (κ2) is 6.55. The van der Waals surface area contributed by atoms with Crippen molar-refractivity contribution >= 4 is 0 Å². The average molecular weight is 210 g/mol. The molecule has 0 spiro atoms. The van der Waals surface area contributed by atoms with Crippen molar-refractivity contribution in [2.45, 2.75) is 72.6 Å². The van der Waals surface area contributed by atoms with E-state index in [-0.39, 0.29) is 0 Å². The van der Waals surface area contributed by atoms with Gasteiger partial charge in [-0.2, -0.15) is 0 Å². The lowest BCUT2D eigenvalue weighted by molar-refractivity contribution is 0.404. The predicted octanol–water partition coefficient (Wildman–Crippen LogP) is 5.28. The average Bonchev–Trinajstić information content (AvgIpc) is 2.92. The molecule has 1 aliphatic carbocycles. The SMILES string of the molecule is CCCCCCC(C)CC1CC1C(C)C. The van der Waals surface area contributed by atoms with Gasteiger partial charge in [-0.05, 0) is 36.5 Å². The van der Waals surface area contributed by atoms with E-state index >= 15 is 0 Å². The van der Waals surface area contributed by atoms with E-state index < -0.39 is 0 Å². The molecule has 0 aromatic heterocycles. The monoisotopic (exact) mass is 210 g/mol. The Hall–Kier alpha value is 0. The lowest BCUT2D eigenvalue weighted by Crippen LogP contribution is -2.00. The van der Waals surface area contributed by atoms with Crippen LogP contribution in [0.4, 0.5) is 0 Å². The Labute approximate surface area is 96.8 Å². The molecule has 1 rings (SSSR count). The minimum atomic E-state index is 0.933. The van der Waals surface area contributed by atoms with Crippen molar-refractivity contribution in [3.8, 4) is 0 Å². The summed E-state index contributed by atoms with van der Waals surface area (Å²) in [6, 6.07) is 0. The molecule has 1 fully saturated rings. The summed E-state index contributed by atoms with van der Waals surface area (Å²) in [4.78, 5) is 0. The molecule has 90 valence electrons. The van der Waals surface area contributed by atoms with E-state index in [0.717, 1.165) is 23.7 Å². The summed E-state index contributed by atoms with van der Waals surface area (Å²) < 4.78 is 0. The minimum Gasteiger partial charge on any atom is -0.0654 e. The molecular formula is C15H30. The molecule has 0 nitrogen and oxygen atoms in total. The topological polar surface area (TPSA) is 0 Å². The van der Waals surface area contributed by atoms with Crippen LogP contribution in [0.3, 0.4) is 0 Å². The van der Waals surface area contributed by atoms with Crippen LogP contribution in [0.15, 0.2) is 0 Å². The summed E-state index contributed by atoms with van der Waals surface area (Å²) in [6.45, 7) is 9.52. The summed E-state index contributed by atoms with van der Waals surface area (Å²) in [5.41, 5.74) is 0. The van der Waals surface area contributed by atoms with Gasteiger partial charge in [-0.25, -0.2) is 0 Å². The number of unbranched alkanes of at least 4 members (excludes halogenated alkanes) is 3. The highest BCUT2D eigenvalue weighted by molar-refractivity contribution is 4.88. The van der Waals surface area contributed by atoms with Gasteiger partial charge in [0.05, 0.1) is 0 Å². The van der Waals surface area contributed by atoms with Crippen molar-refractivity contribution in [3.63, 3.8) is 0 Å². The first-order valence-corrected chi connectivity index (χ1v) is 7.15. The molecule has 0 amide bonds. The van der Waals surface area contributed by atoms with Crippen LogP contribution < -0.4 is 0 Å². The van der Waals surface area contributed by atoms with Gasteiger partial charge in [0.2, 0.25) is 0 Å². The molecule has 0 bridgehead atoms. The fourth-order valence-corrected chi connectivity index (χ4v) is 2.91. The highest BCUT2D eigenvalue weighted by Gasteiger charge is 2.39. The van der Waals surface area contributed by atoms with E-state index in [1.54, 1.807) is 0 Å². The number of rotatable bonds is 8. The third kappa shape index (κ3) is 5.04. The molecule has 1 aliphatic rings. The Morgan fingerprint density at radius 3 is 2.33 bits per heavy atom. The third-order valence-electron chi connectivity index (χ3n) is 4.09. The molecule has 0 aromatic rings. The highest BCUT2D eigenvalue weighted by Crippen LogP contribution is 2.48. The maximum Gasteiger partial charge on any atom is -0.0360 e. The quantitative estimate of drug-likeness (QED) is 0.478. The number of hydrogen-bond acceptors (Lipinski definition) is 0. The maximum atomic E-state index is 2.46. The van der Waals surface area contributed by atoms with Gasteiger partial charge in [0.25, 0.3) is 0 Å². The van der Waals surface area contributed by atoms with Crippen LogP contribution in [0, 0.1) is 23.7 Å². The Bertz CT molecular complexity index is 159. The zero-order chi connectivity index (χ0) is 11.3. The minimum absolute atomic E-state index is 0.933. The first kappa shape index (κ1) is 13.1. The molecule has 15 heavy (non-hydrogen) atoms. The van der Waals surface area contributed by atoms with Crippen LogP contribution in [0.1, 0.15) is 72.6 Å². The van der Waals surface area contributed by atoms with Crippen molar-refractivity contribution in [3.05, 3.63) is 0 Å². The highest BCUT2D eigenvalue weighted by atomic mass is 14.4. The van der Waals surface area contributed by atoms with Gasteiger partial charge in [0, 0.05) is 0 Å². The molecule has 0 radical (unpaired) electrons. The van der Waals surface area contributed by atoms with Crippen molar-refractivity contribution in [1.82, 2.24) is 0 Å². The molecule has 0 N–H and O–H groups in total. The lowest BCUT2D eigenvalue weighted by Gasteiger charge is -2.11. The van der Waals surface area contributed by atoms with Gasteiger partial charge in [-0.3, -0.25) is 0 Å². The van der Waals surface area contributed by atoms with Crippen molar-refractivity contribution in [1.29, 1.82) is 0 Å². The van der Waals surface area contributed by atoms with Gasteiger partial charge in [0.15, 0.2) is 0 Å². The van der Waals surface area contributed by atoms with Crippen molar-refractivity contribution in [2.75, 3.05) is 0 Å². The second-order valence-electron chi connectivity index (χ2n) is 6.09. The van der Waals surface area contributed by atoms with E-state index in [9.17, 15) is 0 Å². The Balaban J connectivity index is 1.98. The summed E-state index contributed by atoms with van der Waals surface area (Å²) in [6.07, 6.45) is 10.2. The van der Waals surface area contributed by atoms with E-state index in [1.165, 1.54) is 44.9 Å². The van der Waals surface area contributed by atoms with Crippen LogP contribution in [0.5, 0.6) is 0 Å². The van der Waals surface area contributed by atoms with E-state index in [4.69, 9.17) is 0 Å². The third-order valence-corrected chi connectivity index (χ3v) is 4.09. The Morgan fingerprint density at radius 2 is 1.80 bits per heavy atom. The molecule has 3 atom stereocenters. The molecule has 3 unspecified atom stereocenters. The fourth-order valence-electron chi connectivity index (χ4n) is 2.91. The zero-order valence-electron chi connectivity index (χ0n) is 11.3. The molecule has 0 saturated heterocycles. The molecular weight excluding hydrogens is 180 g/mol. The Morgan fingerprint density at radius 1 is 1.07 bits per heavy atom. The van der Waals surface area contributed by atoms with E-state index in [1.807, 2.05) is 0 Å². The van der Waals surface area contributed by atoms with Crippen LogP contribution in [0.2, 0.25) is 0 Å². The molecule has 0 heteroatoms. The van der Waals surface area contributed by atoms with Crippen LogP contribution in [-0.2, 0) is 0 Å². The summed E-state index contributed by atoms with van der Waals surface area (Å²) in [5.74, 6) is 4.08. The van der Waals surface area contributed by atoms with Crippen molar-refractivity contribution < 1.29 is 0 Å². The summed E-state index contributed by atoms with van der Waals surface area (Å²) in [7, 11) is 0. The van der Waals surface area contributed by atoms with Crippen molar-refractivity contribution in [2.24, 2.45) is 23.7 Å². The Kier molecular flexibility index (Phi) is 5.71. The first-order valence-electron chi connectivity index (χ1n) is 7.15. The smallest absolute Gasteiger partial charge is 0.0360 e. The standard InChI is InChI=1S/C15H30/c1-5-6-7-8-9-13(4)10-14-11-15(14)12(2)3/h12-15H,5-11H2,1-4H3. The van der Waals surface area contributed by atoms with Gasteiger partial charge in [0.1, 0.15) is 0 Å². The largest absolute Gasteiger partial charge is 0.0654 e. The van der Waals surface area contributed by atoms with Gasteiger partial charge < -0.3 is 0 Å². The van der Waals surface area contributed by atoms with Crippen LogP contribution in [-0.4, -0.2) is 0 Å². The van der Waals surface area contributed by atoms with Crippen LogP contribution >= 0.6 is 0 Å². The molecule has 0 aliphatic heterocycles. The normalized spacial score (nSPS) is 27.0. The zero-order valence-corrected chi connectivity index (χ0v) is 11.3. The second-order valence-corrected chi connectivity index (χ2v) is 6.09. The van der Waals surface area contributed by atoms with Gasteiger partial charge in [-0.15, -0.1) is 0 Å². The maximum absolute atomic E-state index is 2.46.